The Morgan fingerprint density at radius 2 is 1.89 bits per heavy atom. The number of thiophene rings is 1. The standard InChI is InChI=1S/C15H19Br2ClS/c16-12-8-13(19-15(12)18)14(17)11-6-5-9-3-1-2-4-10(9)7-11/h8-11,14H,1-7H2. The third kappa shape index (κ3) is 3.25. The van der Waals surface area contributed by atoms with Gasteiger partial charge < -0.3 is 0 Å². The predicted molar refractivity (Wildman–Crippen MR) is 91.5 cm³/mol. The highest BCUT2D eigenvalue weighted by Gasteiger charge is 2.35. The molecule has 0 radical (unpaired) electrons. The Labute approximate surface area is 141 Å². The second-order valence-corrected chi connectivity index (χ2v) is 9.58. The van der Waals surface area contributed by atoms with Gasteiger partial charge in [-0.15, -0.1) is 11.3 Å². The monoisotopic (exact) mass is 424 g/mol. The first-order valence-electron chi connectivity index (χ1n) is 7.24. The average Bonchev–Trinajstić information content (AvgIpc) is 2.77. The molecule has 4 atom stereocenters. The van der Waals surface area contributed by atoms with E-state index < -0.39 is 0 Å². The van der Waals surface area contributed by atoms with Crippen molar-refractivity contribution in [1.29, 1.82) is 0 Å². The van der Waals surface area contributed by atoms with E-state index in [1.807, 2.05) is 0 Å². The van der Waals surface area contributed by atoms with Crippen LogP contribution in [-0.2, 0) is 0 Å². The zero-order chi connectivity index (χ0) is 13.4. The SMILES string of the molecule is Clc1sc(C(Br)C2CCC3CCCCC3C2)cc1Br. The molecular weight excluding hydrogens is 407 g/mol. The highest BCUT2D eigenvalue weighted by molar-refractivity contribution is 9.10. The summed E-state index contributed by atoms with van der Waals surface area (Å²) in [4.78, 5) is 1.88. The van der Waals surface area contributed by atoms with Crippen molar-refractivity contribution in [3.63, 3.8) is 0 Å². The molecule has 2 saturated carbocycles. The quantitative estimate of drug-likeness (QED) is 0.438. The van der Waals surface area contributed by atoms with Crippen LogP contribution in [0.25, 0.3) is 0 Å². The number of hydrogen-bond donors (Lipinski definition) is 0. The number of alkyl halides is 1. The molecule has 2 fully saturated rings. The Hall–Kier alpha value is 0.950. The van der Waals surface area contributed by atoms with Crippen LogP contribution < -0.4 is 0 Å². The van der Waals surface area contributed by atoms with Crippen LogP contribution in [0.3, 0.4) is 0 Å². The van der Waals surface area contributed by atoms with Crippen molar-refractivity contribution >= 4 is 54.8 Å². The first kappa shape index (κ1) is 14.9. The van der Waals surface area contributed by atoms with Gasteiger partial charge in [0.2, 0.25) is 0 Å². The molecule has 0 aromatic carbocycles. The lowest BCUT2D eigenvalue weighted by atomic mass is 9.67. The van der Waals surface area contributed by atoms with Crippen LogP contribution in [0.1, 0.15) is 54.7 Å². The zero-order valence-corrected chi connectivity index (χ0v) is 15.6. The van der Waals surface area contributed by atoms with E-state index in [4.69, 9.17) is 11.6 Å². The average molecular weight is 427 g/mol. The van der Waals surface area contributed by atoms with E-state index in [0.29, 0.717) is 4.83 Å². The van der Waals surface area contributed by atoms with E-state index in [-0.39, 0.29) is 0 Å². The third-order valence-electron chi connectivity index (χ3n) is 4.93. The van der Waals surface area contributed by atoms with Crippen molar-refractivity contribution in [2.24, 2.45) is 17.8 Å². The summed E-state index contributed by atoms with van der Waals surface area (Å²) >= 11 is 15.4. The summed E-state index contributed by atoms with van der Waals surface area (Å²) in [6.45, 7) is 0. The lowest BCUT2D eigenvalue weighted by Gasteiger charge is -2.40. The molecule has 0 amide bonds. The van der Waals surface area contributed by atoms with Gasteiger partial charge >= 0.3 is 0 Å². The topological polar surface area (TPSA) is 0 Å². The molecular formula is C15H19Br2ClS. The van der Waals surface area contributed by atoms with Crippen molar-refractivity contribution in [3.05, 3.63) is 19.8 Å². The van der Waals surface area contributed by atoms with Gasteiger partial charge in [0.1, 0.15) is 4.34 Å². The van der Waals surface area contributed by atoms with Crippen molar-refractivity contribution in [2.75, 3.05) is 0 Å². The van der Waals surface area contributed by atoms with E-state index in [2.05, 4.69) is 37.9 Å². The summed E-state index contributed by atoms with van der Waals surface area (Å²) in [6, 6.07) is 2.19. The molecule has 3 rings (SSSR count). The number of rotatable bonds is 2. The number of halogens is 3. The molecule has 4 unspecified atom stereocenters. The Morgan fingerprint density at radius 1 is 1.16 bits per heavy atom. The molecule has 1 heterocycles. The molecule has 1 aromatic heterocycles. The van der Waals surface area contributed by atoms with Crippen LogP contribution in [0.2, 0.25) is 4.34 Å². The van der Waals surface area contributed by atoms with E-state index in [1.165, 1.54) is 49.8 Å². The van der Waals surface area contributed by atoms with E-state index >= 15 is 0 Å². The minimum atomic E-state index is 0.490. The molecule has 0 bridgehead atoms. The Morgan fingerprint density at radius 3 is 2.58 bits per heavy atom. The van der Waals surface area contributed by atoms with E-state index in [0.717, 1.165) is 26.6 Å². The molecule has 19 heavy (non-hydrogen) atoms. The van der Waals surface area contributed by atoms with Crippen LogP contribution in [0.5, 0.6) is 0 Å². The molecule has 106 valence electrons. The van der Waals surface area contributed by atoms with Crippen LogP contribution in [0.4, 0.5) is 0 Å². The fourth-order valence-corrected chi connectivity index (χ4v) is 6.61. The molecule has 0 saturated heterocycles. The fraction of sp³-hybridized carbons (Fsp3) is 0.733. The molecule has 2 aliphatic carbocycles. The van der Waals surface area contributed by atoms with Crippen LogP contribution >= 0.6 is 54.8 Å². The lowest BCUT2D eigenvalue weighted by molar-refractivity contribution is 0.129. The van der Waals surface area contributed by atoms with Gasteiger partial charge in [-0.05, 0) is 59.0 Å². The second kappa shape index (κ2) is 6.37. The molecule has 0 nitrogen and oxygen atoms in total. The molecule has 0 N–H and O–H groups in total. The Bertz CT molecular complexity index is 426. The maximum Gasteiger partial charge on any atom is 0.107 e. The van der Waals surface area contributed by atoms with Crippen molar-refractivity contribution < 1.29 is 0 Å². The Kier molecular flexibility index (Phi) is 4.99. The summed E-state index contributed by atoms with van der Waals surface area (Å²) in [5.41, 5.74) is 0. The molecule has 1 aromatic rings. The van der Waals surface area contributed by atoms with Crippen molar-refractivity contribution in [2.45, 2.75) is 49.8 Å². The Balaban J connectivity index is 1.68. The zero-order valence-electron chi connectivity index (χ0n) is 10.9. The largest absolute Gasteiger partial charge is 0.126 e. The highest BCUT2D eigenvalue weighted by Crippen LogP contribution is 2.50. The minimum Gasteiger partial charge on any atom is -0.126 e. The smallest absolute Gasteiger partial charge is 0.107 e. The van der Waals surface area contributed by atoms with Crippen LogP contribution in [0.15, 0.2) is 10.5 Å². The predicted octanol–water partition coefficient (Wildman–Crippen LogP) is 7.21. The van der Waals surface area contributed by atoms with Crippen LogP contribution in [-0.4, -0.2) is 0 Å². The summed E-state index contributed by atoms with van der Waals surface area (Å²) < 4.78 is 1.93. The summed E-state index contributed by atoms with van der Waals surface area (Å²) in [5, 5.41) is 0. The fourth-order valence-electron chi connectivity index (χ4n) is 3.91. The maximum atomic E-state index is 6.17. The van der Waals surface area contributed by atoms with Gasteiger partial charge in [-0.3, -0.25) is 0 Å². The maximum absolute atomic E-state index is 6.17. The molecule has 2 aliphatic rings. The van der Waals surface area contributed by atoms with Gasteiger partial charge in [-0.1, -0.05) is 53.2 Å². The minimum absolute atomic E-state index is 0.490. The van der Waals surface area contributed by atoms with Gasteiger partial charge in [0.05, 0.1) is 4.83 Å². The van der Waals surface area contributed by atoms with Crippen molar-refractivity contribution in [3.8, 4) is 0 Å². The second-order valence-electron chi connectivity index (χ2n) is 6.05. The van der Waals surface area contributed by atoms with E-state index in [1.54, 1.807) is 11.3 Å². The molecule has 4 heteroatoms. The van der Waals surface area contributed by atoms with E-state index in [9.17, 15) is 0 Å². The third-order valence-corrected chi connectivity index (χ3v) is 9.03. The summed E-state index contributed by atoms with van der Waals surface area (Å²) in [6.07, 6.45) is 10.1. The molecule has 0 spiro atoms. The van der Waals surface area contributed by atoms with Gasteiger partial charge in [0, 0.05) is 9.35 Å². The first-order chi connectivity index (χ1) is 9.15. The number of fused-ring (bicyclic) bond motifs is 1. The van der Waals surface area contributed by atoms with Gasteiger partial charge in [0.15, 0.2) is 0 Å². The first-order valence-corrected chi connectivity index (χ1v) is 10.1. The normalized spacial score (nSPS) is 32.9. The highest BCUT2D eigenvalue weighted by atomic mass is 79.9. The van der Waals surface area contributed by atoms with Gasteiger partial charge in [-0.25, -0.2) is 0 Å². The van der Waals surface area contributed by atoms with Gasteiger partial charge in [-0.2, -0.15) is 0 Å². The molecule has 0 aliphatic heterocycles. The summed E-state index contributed by atoms with van der Waals surface area (Å²) in [7, 11) is 0. The lowest BCUT2D eigenvalue weighted by Crippen LogP contribution is -2.29. The van der Waals surface area contributed by atoms with Crippen molar-refractivity contribution in [1.82, 2.24) is 0 Å². The number of hydrogen-bond acceptors (Lipinski definition) is 1. The van der Waals surface area contributed by atoms with Crippen LogP contribution in [0, 0.1) is 17.8 Å². The van der Waals surface area contributed by atoms with Gasteiger partial charge in [0.25, 0.3) is 0 Å². The summed E-state index contributed by atoms with van der Waals surface area (Å²) in [5.74, 6) is 2.82.